The quantitative estimate of drug-likeness (QED) is 0.615. The number of hydrogen-bond donors (Lipinski definition) is 0. The Morgan fingerprint density at radius 3 is 2.47 bits per heavy atom. The van der Waals surface area contributed by atoms with E-state index in [0.717, 1.165) is 69.3 Å². The van der Waals surface area contributed by atoms with Crippen LogP contribution in [0, 0.1) is 5.82 Å². The smallest absolute Gasteiger partial charge is 0.410 e. The summed E-state index contributed by atoms with van der Waals surface area (Å²) >= 11 is 0. The Balaban J connectivity index is 0.00000280. The van der Waals surface area contributed by atoms with Crippen molar-refractivity contribution in [2.75, 3.05) is 51.8 Å². The monoisotopic (exact) mass is 502 g/mol. The van der Waals surface area contributed by atoms with Crippen molar-refractivity contribution >= 4 is 17.8 Å². The number of benzene rings is 1. The minimum absolute atomic E-state index is 0. The highest BCUT2D eigenvalue weighted by molar-refractivity contribution is 5.95. The van der Waals surface area contributed by atoms with Gasteiger partial charge in [-0.25, -0.2) is 14.0 Å². The Morgan fingerprint density at radius 2 is 1.83 bits per heavy atom. The number of ether oxygens (including phenoxy) is 2. The summed E-state index contributed by atoms with van der Waals surface area (Å²) in [6.45, 7) is 3.64. The van der Waals surface area contributed by atoms with Gasteiger partial charge < -0.3 is 24.2 Å². The minimum Gasteiger partial charge on any atom is -0.444 e. The summed E-state index contributed by atoms with van der Waals surface area (Å²) in [5.41, 5.74) is 1.62. The largest absolute Gasteiger partial charge is 0.444 e. The molecule has 5 heterocycles. The van der Waals surface area contributed by atoms with E-state index < -0.39 is 0 Å². The highest BCUT2D eigenvalue weighted by Crippen LogP contribution is 2.49. The summed E-state index contributed by atoms with van der Waals surface area (Å²) in [6, 6.07) is 5.75. The van der Waals surface area contributed by atoms with Crippen LogP contribution in [-0.4, -0.2) is 98.0 Å². The third-order valence-corrected chi connectivity index (χ3v) is 9.24. The number of anilines is 1. The molecule has 5 aliphatic heterocycles. The second kappa shape index (κ2) is 9.17. The molecular formula is C27H39FN4O4. The molecule has 1 aromatic carbocycles. The molecule has 0 radical (unpaired) electrons. The molecule has 198 valence electrons. The first-order chi connectivity index (χ1) is 17.3. The Hall–Kier alpha value is -2.39. The molecule has 2 unspecified atom stereocenters. The van der Waals surface area contributed by atoms with Crippen LogP contribution in [0.1, 0.15) is 51.9 Å². The number of fused-ring (bicyclic) bond motifs is 4. The number of urea groups is 1. The Morgan fingerprint density at radius 1 is 1.11 bits per heavy atom. The van der Waals surface area contributed by atoms with Gasteiger partial charge in [-0.3, -0.25) is 4.90 Å². The van der Waals surface area contributed by atoms with Crippen molar-refractivity contribution in [2.24, 2.45) is 0 Å². The standard InChI is InChI=1S/C27H37FN4O4.H2/c1-29(2)25(33)31-17-27(23-13-18(28)3-6-24(23)31)8-10-30(11-9-27)21-14-19-4-5-20(15-21)32(19)26(34)36-22-7-12-35-16-22;/h3,6,13,19-22H,4-5,7-12,14-17H2,1-2H3;1H/t19?,20?,21?,22-;/m0./s1. The average Bonchev–Trinajstić information content (AvgIpc) is 3.55. The number of halogens is 1. The van der Waals surface area contributed by atoms with Gasteiger partial charge in [0.2, 0.25) is 0 Å². The Kier molecular flexibility index (Phi) is 6.11. The van der Waals surface area contributed by atoms with Crippen LogP contribution in [0.25, 0.3) is 0 Å². The van der Waals surface area contributed by atoms with Gasteiger partial charge in [0.1, 0.15) is 11.9 Å². The van der Waals surface area contributed by atoms with Crippen molar-refractivity contribution in [1.29, 1.82) is 0 Å². The number of rotatable bonds is 2. The van der Waals surface area contributed by atoms with Gasteiger partial charge in [0.25, 0.3) is 0 Å². The van der Waals surface area contributed by atoms with Gasteiger partial charge >= 0.3 is 12.1 Å². The second-order valence-electron chi connectivity index (χ2n) is 11.5. The molecule has 6 rings (SSSR count). The highest BCUT2D eigenvalue weighted by atomic mass is 19.1. The molecule has 3 atom stereocenters. The van der Waals surface area contributed by atoms with Gasteiger partial charge in [-0.15, -0.1) is 0 Å². The molecule has 8 nitrogen and oxygen atoms in total. The topological polar surface area (TPSA) is 65.6 Å². The summed E-state index contributed by atoms with van der Waals surface area (Å²) in [6.07, 6.45) is 6.38. The summed E-state index contributed by atoms with van der Waals surface area (Å²) in [7, 11) is 3.52. The van der Waals surface area contributed by atoms with Crippen molar-refractivity contribution in [2.45, 2.75) is 74.6 Å². The second-order valence-corrected chi connectivity index (χ2v) is 11.5. The molecule has 1 spiro atoms. The maximum atomic E-state index is 14.3. The number of likely N-dealkylation sites (tertiary alicyclic amines) is 1. The zero-order chi connectivity index (χ0) is 25.0. The van der Waals surface area contributed by atoms with Crippen LogP contribution in [0.2, 0.25) is 0 Å². The molecule has 4 saturated heterocycles. The number of piperidine rings is 2. The van der Waals surface area contributed by atoms with E-state index in [1.54, 1.807) is 31.1 Å². The molecule has 9 heteroatoms. The zero-order valence-corrected chi connectivity index (χ0v) is 21.3. The molecule has 1 aromatic rings. The fourth-order valence-electron chi connectivity index (χ4n) is 7.35. The average molecular weight is 503 g/mol. The SMILES string of the molecule is CN(C)C(=O)N1CC2(CCN(C3CC4CCC(C3)N4C(=O)O[C@H]3CCOC3)CC2)c2cc(F)ccc21.[HH]. The molecule has 0 aromatic heterocycles. The van der Waals surface area contributed by atoms with E-state index in [1.165, 1.54) is 6.07 Å². The van der Waals surface area contributed by atoms with Crippen LogP contribution in [0.4, 0.5) is 19.7 Å². The predicted molar refractivity (Wildman–Crippen MR) is 135 cm³/mol. The number of carbonyl (C=O) groups is 2. The molecular weight excluding hydrogens is 463 g/mol. The maximum Gasteiger partial charge on any atom is 0.410 e. The van der Waals surface area contributed by atoms with E-state index >= 15 is 0 Å². The van der Waals surface area contributed by atoms with Crippen LogP contribution >= 0.6 is 0 Å². The van der Waals surface area contributed by atoms with Crippen LogP contribution in [0.3, 0.4) is 0 Å². The fourth-order valence-corrected chi connectivity index (χ4v) is 7.35. The lowest BCUT2D eigenvalue weighted by Crippen LogP contribution is -2.56. The lowest BCUT2D eigenvalue weighted by molar-refractivity contribution is 0.00975. The third-order valence-electron chi connectivity index (χ3n) is 9.24. The van der Waals surface area contributed by atoms with Crippen LogP contribution in [-0.2, 0) is 14.9 Å². The molecule has 0 saturated carbocycles. The molecule has 3 amide bonds. The first-order valence-electron chi connectivity index (χ1n) is 13.4. The fraction of sp³-hybridized carbons (Fsp3) is 0.704. The number of nitrogens with zero attached hydrogens (tertiary/aromatic N) is 4. The minimum atomic E-state index is -0.241. The van der Waals surface area contributed by atoms with Crippen LogP contribution < -0.4 is 4.90 Å². The maximum absolute atomic E-state index is 14.3. The van der Waals surface area contributed by atoms with Gasteiger partial charge in [-0.05, 0) is 75.4 Å². The third kappa shape index (κ3) is 4.04. The van der Waals surface area contributed by atoms with E-state index in [0.29, 0.717) is 25.8 Å². The van der Waals surface area contributed by atoms with Crippen molar-refractivity contribution in [1.82, 2.24) is 14.7 Å². The zero-order valence-electron chi connectivity index (χ0n) is 21.3. The summed E-state index contributed by atoms with van der Waals surface area (Å²) in [4.78, 5) is 33.8. The summed E-state index contributed by atoms with van der Waals surface area (Å²) < 4.78 is 25.4. The van der Waals surface area contributed by atoms with Gasteiger partial charge in [0, 0.05) is 57.7 Å². The first-order valence-corrected chi connectivity index (χ1v) is 13.4. The predicted octanol–water partition coefficient (Wildman–Crippen LogP) is 3.83. The molecule has 0 N–H and O–H groups in total. The molecule has 5 aliphatic rings. The van der Waals surface area contributed by atoms with Crippen molar-refractivity contribution in [3.05, 3.63) is 29.6 Å². The van der Waals surface area contributed by atoms with Crippen molar-refractivity contribution in [3.63, 3.8) is 0 Å². The first kappa shape index (κ1) is 24.0. The van der Waals surface area contributed by atoms with Crippen molar-refractivity contribution < 1.29 is 24.9 Å². The van der Waals surface area contributed by atoms with Crippen molar-refractivity contribution in [3.8, 4) is 0 Å². The van der Waals surface area contributed by atoms with Gasteiger partial charge in [0.05, 0.1) is 13.2 Å². The van der Waals surface area contributed by atoms with Gasteiger partial charge in [-0.1, -0.05) is 0 Å². The lowest BCUT2D eigenvalue weighted by Gasteiger charge is -2.47. The molecule has 36 heavy (non-hydrogen) atoms. The number of carbonyl (C=O) groups excluding carboxylic acids is 2. The number of amides is 3. The van der Waals surface area contributed by atoms with Crippen LogP contribution in [0.15, 0.2) is 18.2 Å². The normalized spacial score (nSPS) is 31.1. The summed E-state index contributed by atoms with van der Waals surface area (Å²) in [5.74, 6) is -0.241. The van der Waals surface area contributed by atoms with E-state index in [2.05, 4.69) is 4.90 Å². The number of hydrogen-bond acceptors (Lipinski definition) is 5. The highest BCUT2D eigenvalue weighted by Gasteiger charge is 2.50. The van der Waals surface area contributed by atoms with E-state index in [-0.39, 0.29) is 43.0 Å². The van der Waals surface area contributed by atoms with E-state index in [4.69, 9.17) is 9.47 Å². The van der Waals surface area contributed by atoms with Gasteiger partial charge in [0.15, 0.2) is 0 Å². The van der Waals surface area contributed by atoms with Gasteiger partial charge in [-0.2, -0.15) is 0 Å². The van der Waals surface area contributed by atoms with E-state index in [9.17, 15) is 14.0 Å². The summed E-state index contributed by atoms with van der Waals surface area (Å²) in [5, 5.41) is 0. The molecule has 4 fully saturated rings. The molecule has 2 bridgehead atoms. The van der Waals surface area contributed by atoms with E-state index in [1.807, 2.05) is 9.80 Å². The Labute approximate surface area is 213 Å². The molecule has 0 aliphatic carbocycles. The lowest BCUT2D eigenvalue weighted by atomic mass is 9.73. The van der Waals surface area contributed by atoms with Crippen LogP contribution in [0.5, 0.6) is 0 Å². The Bertz CT molecular complexity index is 1010.